The van der Waals surface area contributed by atoms with Gasteiger partial charge in [-0.3, -0.25) is 4.79 Å². The van der Waals surface area contributed by atoms with Crippen LogP contribution in [0, 0.1) is 5.92 Å². The smallest absolute Gasteiger partial charge is 0.222 e. The molecule has 0 aromatic carbocycles. The molecule has 0 aliphatic rings. The van der Waals surface area contributed by atoms with Gasteiger partial charge in [0.05, 0.1) is 0 Å². The van der Waals surface area contributed by atoms with Crippen molar-refractivity contribution in [2.45, 2.75) is 52.9 Å². The first-order valence-corrected chi connectivity index (χ1v) is 6.67. The maximum Gasteiger partial charge on any atom is 0.222 e. The van der Waals surface area contributed by atoms with Crippen LogP contribution in [-0.2, 0) is 4.79 Å². The van der Waals surface area contributed by atoms with Gasteiger partial charge in [0.1, 0.15) is 0 Å². The molecule has 0 rings (SSSR count). The second kappa shape index (κ2) is 9.64. The van der Waals surface area contributed by atoms with Crippen LogP contribution in [0.4, 0.5) is 0 Å². The summed E-state index contributed by atoms with van der Waals surface area (Å²) >= 11 is 0. The Morgan fingerprint density at radius 3 is 2.19 bits per heavy atom. The second-order valence-electron chi connectivity index (χ2n) is 4.34. The van der Waals surface area contributed by atoms with Crippen LogP contribution in [0.2, 0.25) is 0 Å². The van der Waals surface area contributed by atoms with Crippen LogP contribution >= 0.6 is 0 Å². The van der Waals surface area contributed by atoms with Gasteiger partial charge in [0.2, 0.25) is 5.91 Å². The lowest BCUT2D eigenvalue weighted by Crippen LogP contribution is -2.30. The molecule has 16 heavy (non-hydrogen) atoms. The number of hydrogen-bond acceptors (Lipinski definition) is 2. The van der Waals surface area contributed by atoms with Crippen molar-refractivity contribution in [1.82, 2.24) is 4.90 Å². The van der Waals surface area contributed by atoms with Gasteiger partial charge in [-0.2, -0.15) is 0 Å². The molecule has 1 amide bonds. The van der Waals surface area contributed by atoms with Gasteiger partial charge in [0, 0.05) is 19.5 Å². The number of nitrogens with zero attached hydrogens (tertiary/aromatic N) is 1. The van der Waals surface area contributed by atoms with Crippen LogP contribution in [0.15, 0.2) is 0 Å². The van der Waals surface area contributed by atoms with E-state index in [0.29, 0.717) is 18.2 Å². The van der Waals surface area contributed by atoms with E-state index in [4.69, 9.17) is 5.73 Å². The van der Waals surface area contributed by atoms with E-state index in [-0.39, 0.29) is 0 Å². The molecule has 0 saturated heterocycles. The van der Waals surface area contributed by atoms with Gasteiger partial charge < -0.3 is 10.6 Å². The average Bonchev–Trinajstić information content (AvgIpc) is 2.28. The molecule has 3 heteroatoms. The quantitative estimate of drug-likeness (QED) is 0.658. The van der Waals surface area contributed by atoms with Crippen LogP contribution in [0.3, 0.4) is 0 Å². The molecule has 3 nitrogen and oxygen atoms in total. The number of hydrogen-bond donors (Lipinski definition) is 1. The molecule has 0 bridgehead atoms. The fraction of sp³-hybridized carbons (Fsp3) is 0.923. The van der Waals surface area contributed by atoms with E-state index in [0.717, 1.165) is 32.5 Å². The zero-order valence-electron chi connectivity index (χ0n) is 11.2. The maximum absolute atomic E-state index is 11.8. The molecule has 0 saturated carbocycles. The highest BCUT2D eigenvalue weighted by Crippen LogP contribution is 2.17. The molecule has 2 N–H and O–H groups in total. The first-order valence-electron chi connectivity index (χ1n) is 6.67. The Labute approximate surface area is 100 Å². The molecule has 1 atom stereocenters. The van der Waals surface area contributed by atoms with Crippen LogP contribution in [0.5, 0.6) is 0 Å². The summed E-state index contributed by atoms with van der Waals surface area (Å²) in [5.41, 5.74) is 5.58. The monoisotopic (exact) mass is 228 g/mol. The summed E-state index contributed by atoms with van der Waals surface area (Å²) in [6.07, 6.45) is 5.12. The molecule has 0 spiro atoms. The molecule has 0 heterocycles. The summed E-state index contributed by atoms with van der Waals surface area (Å²) < 4.78 is 0. The second-order valence-corrected chi connectivity index (χ2v) is 4.34. The largest absolute Gasteiger partial charge is 0.343 e. The van der Waals surface area contributed by atoms with E-state index in [9.17, 15) is 4.79 Å². The summed E-state index contributed by atoms with van der Waals surface area (Å²) in [5, 5.41) is 0. The maximum atomic E-state index is 11.8. The highest BCUT2D eigenvalue weighted by atomic mass is 16.2. The minimum absolute atomic E-state index is 0.295. The predicted molar refractivity (Wildman–Crippen MR) is 69.2 cm³/mol. The Hall–Kier alpha value is -0.570. The van der Waals surface area contributed by atoms with Crippen LogP contribution in [0.1, 0.15) is 52.9 Å². The number of amides is 1. The van der Waals surface area contributed by atoms with Gasteiger partial charge in [-0.05, 0) is 39.2 Å². The summed E-state index contributed by atoms with van der Waals surface area (Å²) in [4.78, 5) is 13.7. The third-order valence-electron chi connectivity index (χ3n) is 3.15. The zero-order chi connectivity index (χ0) is 12.4. The van der Waals surface area contributed by atoms with Gasteiger partial charge in [-0.25, -0.2) is 0 Å². The van der Waals surface area contributed by atoms with Crippen molar-refractivity contribution in [2.24, 2.45) is 11.7 Å². The van der Waals surface area contributed by atoms with Crippen molar-refractivity contribution in [3.8, 4) is 0 Å². The van der Waals surface area contributed by atoms with E-state index in [2.05, 4.69) is 6.92 Å². The Morgan fingerprint density at radius 1 is 1.12 bits per heavy atom. The fourth-order valence-electron chi connectivity index (χ4n) is 2.14. The molecule has 0 aliphatic heterocycles. The van der Waals surface area contributed by atoms with Gasteiger partial charge >= 0.3 is 0 Å². The summed E-state index contributed by atoms with van der Waals surface area (Å²) in [5.74, 6) is 0.928. The Bertz CT molecular complexity index is 173. The molecule has 1 unspecified atom stereocenters. The Kier molecular flexibility index (Phi) is 9.30. The summed E-state index contributed by atoms with van der Waals surface area (Å²) in [7, 11) is 0. The summed E-state index contributed by atoms with van der Waals surface area (Å²) in [6.45, 7) is 8.64. The van der Waals surface area contributed by atoms with Crippen molar-refractivity contribution < 1.29 is 4.79 Å². The van der Waals surface area contributed by atoms with E-state index in [1.807, 2.05) is 18.7 Å². The first kappa shape index (κ1) is 15.4. The lowest BCUT2D eigenvalue weighted by molar-refractivity contribution is -0.131. The van der Waals surface area contributed by atoms with Gasteiger partial charge in [-0.1, -0.05) is 19.8 Å². The van der Waals surface area contributed by atoms with Crippen LogP contribution < -0.4 is 5.73 Å². The Balaban J connectivity index is 3.93. The highest BCUT2D eigenvalue weighted by molar-refractivity contribution is 5.76. The SMILES string of the molecule is CCCC(CCN)CCC(=O)N(CC)CC. The number of carbonyl (C=O) groups excluding carboxylic acids is 1. The van der Waals surface area contributed by atoms with E-state index in [1.54, 1.807) is 0 Å². The molecule has 0 radical (unpaired) electrons. The average molecular weight is 228 g/mol. The lowest BCUT2D eigenvalue weighted by Gasteiger charge is -2.20. The first-order chi connectivity index (χ1) is 7.69. The molecule has 96 valence electrons. The highest BCUT2D eigenvalue weighted by Gasteiger charge is 2.13. The lowest BCUT2D eigenvalue weighted by atomic mass is 9.94. The van der Waals surface area contributed by atoms with Gasteiger partial charge in [-0.15, -0.1) is 0 Å². The number of rotatable bonds is 9. The van der Waals surface area contributed by atoms with Crippen molar-refractivity contribution in [3.05, 3.63) is 0 Å². The topological polar surface area (TPSA) is 46.3 Å². The van der Waals surface area contributed by atoms with Crippen molar-refractivity contribution >= 4 is 5.91 Å². The molecular weight excluding hydrogens is 200 g/mol. The molecular formula is C13H28N2O. The molecule has 0 aliphatic carbocycles. The predicted octanol–water partition coefficient (Wildman–Crippen LogP) is 2.40. The van der Waals surface area contributed by atoms with Crippen molar-refractivity contribution in [3.63, 3.8) is 0 Å². The zero-order valence-corrected chi connectivity index (χ0v) is 11.2. The molecule has 0 fully saturated rings. The standard InChI is InChI=1S/C13H28N2O/c1-4-7-12(10-11-14)8-9-13(16)15(5-2)6-3/h12H,4-11,14H2,1-3H3. The summed E-state index contributed by atoms with van der Waals surface area (Å²) in [6, 6.07) is 0. The van der Waals surface area contributed by atoms with E-state index >= 15 is 0 Å². The van der Waals surface area contributed by atoms with E-state index < -0.39 is 0 Å². The fourth-order valence-corrected chi connectivity index (χ4v) is 2.14. The third-order valence-corrected chi connectivity index (χ3v) is 3.15. The van der Waals surface area contributed by atoms with Gasteiger partial charge in [0.25, 0.3) is 0 Å². The number of carbonyl (C=O) groups is 1. The van der Waals surface area contributed by atoms with Crippen molar-refractivity contribution in [1.29, 1.82) is 0 Å². The minimum Gasteiger partial charge on any atom is -0.343 e. The Morgan fingerprint density at radius 2 is 1.75 bits per heavy atom. The number of nitrogens with two attached hydrogens (primary N) is 1. The molecule has 0 aromatic rings. The van der Waals surface area contributed by atoms with Crippen LogP contribution in [0.25, 0.3) is 0 Å². The van der Waals surface area contributed by atoms with Crippen molar-refractivity contribution in [2.75, 3.05) is 19.6 Å². The minimum atomic E-state index is 0.295. The van der Waals surface area contributed by atoms with Gasteiger partial charge in [0.15, 0.2) is 0 Å². The normalized spacial score (nSPS) is 12.5. The third kappa shape index (κ3) is 6.11. The van der Waals surface area contributed by atoms with E-state index in [1.165, 1.54) is 12.8 Å². The molecule has 0 aromatic heterocycles. The van der Waals surface area contributed by atoms with Crippen LogP contribution in [-0.4, -0.2) is 30.4 Å².